The zero-order valence-corrected chi connectivity index (χ0v) is 8.08. The van der Waals surface area contributed by atoms with Crippen molar-refractivity contribution in [1.82, 2.24) is 10.9 Å². The standard InChI is InChI=1S/C7H5F3.CH6N4O/c8-7(9,10)6-4-2-1-3-5-6;2-4-1(6)5-3/h1-5H;2-3H2,(H2,4,5,6). The number of hydrogen-bond donors (Lipinski definition) is 4. The number of hydrogen-bond acceptors (Lipinski definition) is 3. The Balaban J connectivity index is 0.000000325. The third kappa shape index (κ3) is 5.83. The van der Waals surface area contributed by atoms with Gasteiger partial charge in [-0.25, -0.2) is 16.5 Å². The predicted molar refractivity (Wildman–Crippen MR) is 51.5 cm³/mol. The molecule has 0 fully saturated rings. The van der Waals surface area contributed by atoms with Gasteiger partial charge in [0.1, 0.15) is 0 Å². The van der Waals surface area contributed by atoms with Crippen molar-refractivity contribution in [2.24, 2.45) is 11.7 Å². The Bertz CT molecular complexity index is 309. The lowest BCUT2D eigenvalue weighted by molar-refractivity contribution is -0.137. The highest BCUT2D eigenvalue weighted by molar-refractivity contribution is 5.72. The van der Waals surface area contributed by atoms with Gasteiger partial charge in [0.05, 0.1) is 5.56 Å². The topological polar surface area (TPSA) is 93.2 Å². The highest BCUT2D eigenvalue weighted by Crippen LogP contribution is 2.28. The van der Waals surface area contributed by atoms with Gasteiger partial charge in [-0.05, 0) is 0 Å². The van der Waals surface area contributed by atoms with Gasteiger partial charge in [0, 0.05) is 0 Å². The summed E-state index contributed by atoms with van der Waals surface area (Å²) >= 11 is 0. The van der Waals surface area contributed by atoms with Gasteiger partial charge in [-0.3, -0.25) is 10.9 Å². The van der Waals surface area contributed by atoms with Gasteiger partial charge in [-0.2, -0.15) is 13.2 Å². The van der Waals surface area contributed by atoms with E-state index in [1.165, 1.54) is 12.1 Å². The van der Waals surface area contributed by atoms with Gasteiger partial charge < -0.3 is 0 Å². The molecule has 2 amide bonds. The first-order chi connectivity index (χ1) is 7.41. The van der Waals surface area contributed by atoms with E-state index in [-0.39, 0.29) is 0 Å². The van der Waals surface area contributed by atoms with Crippen LogP contribution >= 0.6 is 0 Å². The molecule has 90 valence electrons. The van der Waals surface area contributed by atoms with E-state index in [0.717, 1.165) is 12.1 Å². The van der Waals surface area contributed by atoms with Crippen LogP contribution in [0.5, 0.6) is 0 Å². The lowest BCUT2D eigenvalue weighted by Crippen LogP contribution is -2.43. The van der Waals surface area contributed by atoms with E-state index in [1.54, 1.807) is 16.9 Å². The zero-order chi connectivity index (χ0) is 12.6. The van der Waals surface area contributed by atoms with Crippen LogP contribution in [0.4, 0.5) is 18.0 Å². The van der Waals surface area contributed by atoms with Crippen molar-refractivity contribution in [2.75, 3.05) is 0 Å². The minimum atomic E-state index is -4.21. The van der Waals surface area contributed by atoms with Gasteiger partial charge in [0.25, 0.3) is 0 Å². The molecule has 8 heteroatoms. The number of rotatable bonds is 0. The fourth-order valence-electron chi connectivity index (χ4n) is 0.669. The summed E-state index contributed by atoms with van der Waals surface area (Å²) in [5.41, 5.74) is 2.88. The van der Waals surface area contributed by atoms with Crippen molar-refractivity contribution in [3.8, 4) is 0 Å². The third-order valence-corrected chi connectivity index (χ3v) is 1.36. The molecular weight excluding hydrogens is 225 g/mol. The number of nitrogens with one attached hydrogen (secondary N) is 2. The molecule has 1 aromatic carbocycles. The average molecular weight is 236 g/mol. The first kappa shape index (κ1) is 14.2. The molecule has 0 aliphatic heterocycles. The number of nitrogens with two attached hydrogens (primary N) is 2. The van der Waals surface area contributed by atoms with E-state index >= 15 is 0 Å². The quantitative estimate of drug-likeness (QED) is 0.304. The van der Waals surface area contributed by atoms with E-state index in [9.17, 15) is 18.0 Å². The van der Waals surface area contributed by atoms with Crippen molar-refractivity contribution in [3.05, 3.63) is 35.9 Å². The van der Waals surface area contributed by atoms with E-state index in [0.29, 0.717) is 0 Å². The summed E-state index contributed by atoms with van der Waals surface area (Å²) in [6.07, 6.45) is -4.21. The lowest BCUT2D eigenvalue weighted by atomic mass is 10.2. The fraction of sp³-hybridized carbons (Fsp3) is 0.125. The normalized spacial score (nSPS) is 9.81. The second kappa shape index (κ2) is 6.64. The summed E-state index contributed by atoms with van der Waals surface area (Å²) in [6, 6.07) is 5.76. The van der Waals surface area contributed by atoms with Crippen LogP contribution in [-0.2, 0) is 6.18 Å². The number of halogens is 3. The molecule has 0 radical (unpaired) electrons. The molecule has 0 aliphatic carbocycles. The number of urea groups is 1. The summed E-state index contributed by atoms with van der Waals surface area (Å²) in [4.78, 5) is 9.71. The number of carbonyl (C=O) groups is 1. The summed E-state index contributed by atoms with van der Waals surface area (Å²) in [6.45, 7) is 0. The largest absolute Gasteiger partial charge is 0.416 e. The SMILES string of the molecule is FC(F)(F)c1ccccc1.NNC(=O)NN. The van der Waals surface area contributed by atoms with Crippen LogP contribution < -0.4 is 22.5 Å². The van der Waals surface area contributed by atoms with E-state index in [4.69, 9.17) is 0 Å². The van der Waals surface area contributed by atoms with Crippen molar-refractivity contribution in [2.45, 2.75) is 6.18 Å². The maximum absolute atomic E-state index is 11.8. The molecular formula is C8H11F3N4O. The van der Waals surface area contributed by atoms with E-state index in [1.807, 2.05) is 0 Å². The Morgan fingerprint density at radius 1 is 1.06 bits per heavy atom. The maximum Gasteiger partial charge on any atom is 0.416 e. The summed E-state index contributed by atoms with van der Waals surface area (Å²) in [5, 5.41) is 0. The molecule has 0 unspecified atom stereocenters. The monoisotopic (exact) mass is 236 g/mol. The summed E-state index contributed by atoms with van der Waals surface area (Å²) < 4.78 is 35.4. The Morgan fingerprint density at radius 2 is 1.50 bits per heavy atom. The number of hydrazine groups is 2. The lowest BCUT2D eigenvalue weighted by Gasteiger charge is -2.03. The molecule has 0 bridgehead atoms. The van der Waals surface area contributed by atoms with Gasteiger partial charge >= 0.3 is 12.2 Å². The molecule has 1 rings (SSSR count). The summed E-state index contributed by atoms with van der Waals surface area (Å²) in [5.74, 6) is 9.08. The van der Waals surface area contributed by atoms with Crippen molar-refractivity contribution < 1.29 is 18.0 Å². The van der Waals surface area contributed by atoms with Crippen molar-refractivity contribution in [3.63, 3.8) is 0 Å². The van der Waals surface area contributed by atoms with Crippen LogP contribution in [-0.4, -0.2) is 6.03 Å². The minimum Gasteiger partial charge on any atom is -0.275 e. The van der Waals surface area contributed by atoms with E-state index < -0.39 is 17.8 Å². The Kier molecular flexibility index (Phi) is 5.89. The highest BCUT2D eigenvalue weighted by atomic mass is 19.4. The molecule has 0 saturated carbocycles. The predicted octanol–water partition coefficient (Wildman–Crippen LogP) is 0.738. The molecule has 0 heterocycles. The molecule has 6 N–H and O–H groups in total. The molecule has 16 heavy (non-hydrogen) atoms. The average Bonchev–Trinajstić information content (AvgIpc) is 2.29. The van der Waals surface area contributed by atoms with Crippen LogP contribution in [0.15, 0.2) is 30.3 Å². The van der Waals surface area contributed by atoms with Crippen molar-refractivity contribution in [1.29, 1.82) is 0 Å². The smallest absolute Gasteiger partial charge is 0.275 e. The van der Waals surface area contributed by atoms with E-state index in [2.05, 4.69) is 11.7 Å². The molecule has 0 aliphatic rings. The minimum absolute atomic E-state index is 0.602. The maximum atomic E-state index is 11.8. The third-order valence-electron chi connectivity index (χ3n) is 1.36. The molecule has 1 aromatic rings. The van der Waals surface area contributed by atoms with Crippen molar-refractivity contribution >= 4 is 6.03 Å². The number of benzene rings is 1. The Labute approximate surface area is 89.5 Å². The van der Waals surface area contributed by atoms with Gasteiger partial charge in [0.15, 0.2) is 0 Å². The van der Waals surface area contributed by atoms with Crippen LogP contribution in [0.25, 0.3) is 0 Å². The van der Waals surface area contributed by atoms with Crippen LogP contribution in [0.3, 0.4) is 0 Å². The first-order valence-corrected chi connectivity index (χ1v) is 4.01. The fourth-order valence-corrected chi connectivity index (χ4v) is 0.669. The zero-order valence-electron chi connectivity index (χ0n) is 8.08. The molecule has 0 aromatic heterocycles. The number of alkyl halides is 3. The van der Waals surface area contributed by atoms with Crippen LogP contribution in [0.1, 0.15) is 5.56 Å². The second-order valence-corrected chi connectivity index (χ2v) is 2.48. The highest BCUT2D eigenvalue weighted by Gasteiger charge is 2.29. The molecule has 5 nitrogen and oxygen atoms in total. The van der Waals surface area contributed by atoms with Crippen LogP contribution in [0, 0.1) is 0 Å². The molecule has 0 saturated heterocycles. The van der Waals surface area contributed by atoms with Gasteiger partial charge in [-0.1, -0.05) is 30.3 Å². The second-order valence-electron chi connectivity index (χ2n) is 2.48. The Morgan fingerprint density at radius 3 is 1.69 bits per heavy atom. The number of amides is 2. The van der Waals surface area contributed by atoms with Crippen LogP contribution in [0.2, 0.25) is 0 Å². The van der Waals surface area contributed by atoms with Gasteiger partial charge in [0.2, 0.25) is 0 Å². The molecule has 0 spiro atoms. The Hall–Kier alpha value is -1.80. The summed E-state index contributed by atoms with van der Waals surface area (Å²) in [7, 11) is 0. The number of carbonyl (C=O) groups excluding carboxylic acids is 1. The van der Waals surface area contributed by atoms with Gasteiger partial charge in [-0.15, -0.1) is 0 Å². The molecule has 0 atom stereocenters. The first-order valence-electron chi connectivity index (χ1n) is 4.01.